The van der Waals surface area contributed by atoms with Gasteiger partial charge >= 0.3 is 0 Å². The normalized spacial score (nSPS) is 14.6. The maximum absolute atomic E-state index is 13.2. The summed E-state index contributed by atoms with van der Waals surface area (Å²) in [6, 6.07) is 3.00. The molecule has 0 saturated carbocycles. The highest BCUT2D eigenvalue weighted by atomic mass is 32.2. The first kappa shape index (κ1) is 12.4. The number of hydrogen-bond acceptors (Lipinski definition) is 4. The summed E-state index contributed by atoms with van der Waals surface area (Å²) in [7, 11) is 0. The molecule has 0 saturated heterocycles. The predicted molar refractivity (Wildman–Crippen MR) is 67.7 cm³/mol. The Balaban J connectivity index is 1.98. The van der Waals surface area contributed by atoms with Crippen LogP contribution in [0.1, 0.15) is 0 Å². The van der Waals surface area contributed by atoms with Crippen LogP contribution in [0, 0.1) is 11.6 Å². The number of benzene rings is 1. The topological polar surface area (TPSA) is 41.5 Å². The molecule has 90 valence electrons. The number of nitrogens with one attached hydrogen (secondary N) is 1. The molecule has 1 heterocycles. The van der Waals surface area contributed by atoms with Gasteiger partial charge in [-0.05, 0) is 23.9 Å². The summed E-state index contributed by atoms with van der Waals surface area (Å²) in [5.41, 5.74) is -0.0347. The molecule has 0 unspecified atom stereocenters. The first-order valence-electron chi connectivity index (χ1n) is 4.76. The minimum Gasteiger partial charge on any atom is -0.314 e. The second kappa shape index (κ2) is 5.50. The van der Waals surface area contributed by atoms with Crippen LogP contribution in [0.15, 0.2) is 23.2 Å². The lowest BCUT2D eigenvalue weighted by atomic mass is 10.3. The standard InChI is InChI=1S/C10H8F2N2OS2/c11-6-1-2-8(7(12)5-6)14-9(15)17-10-13-3-4-16-10/h1-2,5H,3-4H2,(H,14,15). The van der Waals surface area contributed by atoms with Crippen molar-refractivity contribution in [2.45, 2.75) is 0 Å². The molecule has 1 aromatic carbocycles. The van der Waals surface area contributed by atoms with Crippen LogP contribution in [0.4, 0.5) is 19.3 Å². The van der Waals surface area contributed by atoms with Crippen LogP contribution >= 0.6 is 23.5 Å². The van der Waals surface area contributed by atoms with Crippen molar-refractivity contribution in [2.75, 3.05) is 17.6 Å². The number of nitrogens with zero attached hydrogens (tertiary/aromatic N) is 1. The van der Waals surface area contributed by atoms with E-state index in [-0.39, 0.29) is 5.69 Å². The van der Waals surface area contributed by atoms with Gasteiger partial charge in [0.2, 0.25) is 0 Å². The van der Waals surface area contributed by atoms with Crippen LogP contribution in [0.5, 0.6) is 0 Å². The molecule has 0 radical (unpaired) electrons. The fraction of sp³-hybridized carbons (Fsp3) is 0.200. The lowest BCUT2D eigenvalue weighted by Gasteiger charge is -2.05. The van der Waals surface area contributed by atoms with E-state index in [0.717, 1.165) is 29.6 Å². The number of rotatable bonds is 1. The summed E-state index contributed by atoms with van der Waals surface area (Å²) in [4.78, 5) is 15.6. The molecular weight excluding hydrogens is 266 g/mol. The van der Waals surface area contributed by atoms with Crippen LogP contribution in [-0.2, 0) is 0 Å². The number of carbonyl (C=O) groups is 1. The van der Waals surface area contributed by atoms with Gasteiger partial charge in [-0.2, -0.15) is 0 Å². The Morgan fingerprint density at radius 3 is 2.94 bits per heavy atom. The molecule has 3 nitrogen and oxygen atoms in total. The first-order chi connectivity index (χ1) is 8.15. The van der Waals surface area contributed by atoms with E-state index in [2.05, 4.69) is 10.3 Å². The van der Waals surface area contributed by atoms with Gasteiger partial charge in [0.15, 0.2) is 0 Å². The molecule has 1 N–H and O–H groups in total. The Bertz CT molecular complexity index is 479. The predicted octanol–water partition coefficient (Wildman–Crippen LogP) is 3.33. The van der Waals surface area contributed by atoms with Crippen LogP contribution in [0.3, 0.4) is 0 Å². The zero-order valence-electron chi connectivity index (χ0n) is 8.57. The zero-order chi connectivity index (χ0) is 12.3. The van der Waals surface area contributed by atoms with E-state index in [1.165, 1.54) is 17.8 Å². The van der Waals surface area contributed by atoms with E-state index in [9.17, 15) is 13.6 Å². The van der Waals surface area contributed by atoms with Crippen molar-refractivity contribution >= 4 is 38.8 Å². The quantitative estimate of drug-likeness (QED) is 0.854. The summed E-state index contributed by atoms with van der Waals surface area (Å²) in [5.74, 6) is -0.607. The van der Waals surface area contributed by atoms with Gasteiger partial charge in [0.25, 0.3) is 5.24 Å². The molecule has 1 aliphatic rings. The molecule has 7 heteroatoms. The van der Waals surface area contributed by atoms with Crippen molar-refractivity contribution in [3.8, 4) is 0 Å². The van der Waals surface area contributed by atoms with Crippen molar-refractivity contribution in [2.24, 2.45) is 4.99 Å². The van der Waals surface area contributed by atoms with Crippen molar-refractivity contribution in [1.82, 2.24) is 0 Å². The van der Waals surface area contributed by atoms with Gasteiger partial charge in [-0.15, -0.1) is 0 Å². The highest BCUT2D eigenvalue weighted by Gasteiger charge is 2.14. The maximum Gasteiger partial charge on any atom is 0.290 e. The fourth-order valence-electron chi connectivity index (χ4n) is 1.18. The Hall–Kier alpha value is -1.08. The monoisotopic (exact) mass is 274 g/mol. The molecule has 0 aromatic heterocycles. The molecule has 0 aliphatic carbocycles. The largest absolute Gasteiger partial charge is 0.314 e. The zero-order valence-corrected chi connectivity index (χ0v) is 10.2. The Morgan fingerprint density at radius 2 is 2.29 bits per heavy atom. The molecule has 0 atom stereocenters. The van der Waals surface area contributed by atoms with Gasteiger partial charge in [-0.25, -0.2) is 8.78 Å². The van der Waals surface area contributed by atoms with Crippen LogP contribution < -0.4 is 5.32 Å². The van der Waals surface area contributed by atoms with Crippen molar-refractivity contribution < 1.29 is 13.6 Å². The molecule has 2 rings (SSSR count). The van der Waals surface area contributed by atoms with Crippen molar-refractivity contribution in [3.63, 3.8) is 0 Å². The van der Waals surface area contributed by atoms with E-state index >= 15 is 0 Å². The minimum atomic E-state index is -0.792. The highest BCUT2D eigenvalue weighted by Crippen LogP contribution is 2.24. The Kier molecular flexibility index (Phi) is 4.01. The number of aliphatic imine (C=N–C) groups is 1. The van der Waals surface area contributed by atoms with E-state index in [1.54, 1.807) is 0 Å². The number of thioether (sulfide) groups is 2. The van der Waals surface area contributed by atoms with Crippen LogP contribution in [-0.4, -0.2) is 21.9 Å². The second-order valence-electron chi connectivity index (χ2n) is 3.13. The number of amides is 1. The molecule has 0 fully saturated rings. The van der Waals surface area contributed by atoms with Gasteiger partial charge in [0.1, 0.15) is 16.0 Å². The third-order valence-electron chi connectivity index (χ3n) is 1.91. The fourth-order valence-corrected chi connectivity index (χ4v) is 2.91. The minimum absolute atomic E-state index is 0.0347. The molecule has 1 aromatic rings. The average Bonchev–Trinajstić information content (AvgIpc) is 2.75. The number of carbonyl (C=O) groups excluding carboxylic acids is 1. The molecule has 0 spiro atoms. The average molecular weight is 274 g/mol. The summed E-state index contributed by atoms with van der Waals surface area (Å²) in [6.45, 7) is 0.700. The Morgan fingerprint density at radius 1 is 1.47 bits per heavy atom. The number of hydrogen-bond donors (Lipinski definition) is 1. The van der Waals surface area contributed by atoms with Gasteiger partial charge < -0.3 is 5.32 Å². The SMILES string of the molecule is O=C(Nc1ccc(F)cc1F)SC1=NCCS1. The summed E-state index contributed by atoms with van der Waals surface area (Å²) < 4.78 is 26.5. The highest BCUT2D eigenvalue weighted by molar-refractivity contribution is 8.45. The molecule has 1 amide bonds. The van der Waals surface area contributed by atoms with Gasteiger partial charge in [0.05, 0.1) is 12.2 Å². The second-order valence-corrected chi connectivity index (χ2v) is 5.44. The maximum atomic E-state index is 13.2. The lowest BCUT2D eigenvalue weighted by molar-refractivity contribution is 0.270. The summed E-state index contributed by atoms with van der Waals surface area (Å²) >= 11 is 2.40. The number of halogens is 2. The van der Waals surface area contributed by atoms with Crippen molar-refractivity contribution in [3.05, 3.63) is 29.8 Å². The summed E-state index contributed by atoms with van der Waals surface area (Å²) in [6.07, 6.45) is 0. The van der Waals surface area contributed by atoms with E-state index < -0.39 is 16.9 Å². The van der Waals surface area contributed by atoms with E-state index in [1.807, 2.05) is 0 Å². The lowest BCUT2D eigenvalue weighted by Crippen LogP contribution is -2.08. The smallest absolute Gasteiger partial charge is 0.290 e. The van der Waals surface area contributed by atoms with E-state index in [4.69, 9.17) is 0 Å². The van der Waals surface area contributed by atoms with Crippen molar-refractivity contribution in [1.29, 1.82) is 0 Å². The first-order valence-corrected chi connectivity index (χ1v) is 6.56. The number of anilines is 1. The van der Waals surface area contributed by atoms with Crippen LogP contribution in [0.2, 0.25) is 0 Å². The molecule has 0 bridgehead atoms. The third-order valence-corrected chi connectivity index (χ3v) is 3.86. The molecule has 1 aliphatic heterocycles. The van der Waals surface area contributed by atoms with Gasteiger partial charge in [-0.3, -0.25) is 9.79 Å². The summed E-state index contributed by atoms with van der Waals surface area (Å²) in [5, 5.41) is 1.93. The van der Waals surface area contributed by atoms with Gasteiger partial charge in [-0.1, -0.05) is 11.8 Å². The van der Waals surface area contributed by atoms with Gasteiger partial charge in [0, 0.05) is 11.8 Å². The Labute approximate surface area is 105 Å². The van der Waals surface area contributed by atoms with Crippen LogP contribution in [0.25, 0.3) is 0 Å². The third kappa shape index (κ3) is 3.44. The van der Waals surface area contributed by atoms with E-state index in [0.29, 0.717) is 10.9 Å². The molecule has 17 heavy (non-hydrogen) atoms. The molecular formula is C10H8F2N2OS2.